The molecule has 0 aromatic carbocycles. The quantitative estimate of drug-likeness (QED) is 0.785. The molecule has 2 saturated heterocycles. The van der Waals surface area contributed by atoms with E-state index in [9.17, 15) is 4.79 Å². The van der Waals surface area contributed by atoms with Crippen LogP contribution in [-0.4, -0.2) is 31.8 Å². The SMILES string of the molecule is NC(=O)CC1CCOC(C2CCOCC2)C1. The van der Waals surface area contributed by atoms with Crippen LogP contribution in [0.25, 0.3) is 0 Å². The fourth-order valence-electron chi connectivity index (χ4n) is 2.79. The highest BCUT2D eigenvalue weighted by atomic mass is 16.5. The van der Waals surface area contributed by atoms with Crippen LogP contribution in [0.15, 0.2) is 0 Å². The second kappa shape index (κ2) is 5.64. The predicted molar refractivity (Wildman–Crippen MR) is 59.8 cm³/mol. The third kappa shape index (κ3) is 3.19. The van der Waals surface area contributed by atoms with Crippen molar-refractivity contribution in [3.05, 3.63) is 0 Å². The molecule has 4 heteroatoms. The molecule has 0 radical (unpaired) electrons. The first-order valence-corrected chi connectivity index (χ1v) is 6.23. The van der Waals surface area contributed by atoms with Crippen LogP contribution in [0, 0.1) is 11.8 Å². The lowest BCUT2D eigenvalue weighted by Crippen LogP contribution is -2.36. The molecule has 1 amide bonds. The Morgan fingerprint density at radius 1 is 1.19 bits per heavy atom. The Hall–Kier alpha value is -0.610. The van der Waals surface area contributed by atoms with Gasteiger partial charge in [-0.3, -0.25) is 4.79 Å². The lowest BCUT2D eigenvalue weighted by molar-refractivity contribution is -0.121. The van der Waals surface area contributed by atoms with Gasteiger partial charge in [0.05, 0.1) is 6.10 Å². The third-order valence-electron chi connectivity index (χ3n) is 3.71. The topological polar surface area (TPSA) is 61.6 Å². The maximum absolute atomic E-state index is 10.9. The number of ether oxygens (including phenoxy) is 2. The van der Waals surface area contributed by atoms with Gasteiger partial charge >= 0.3 is 0 Å². The van der Waals surface area contributed by atoms with Crippen LogP contribution in [0.4, 0.5) is 0 Å². The van der Waals surface area contributed by atoms with Gasteiger partial charge in [-0.2, -0.15) is 0 Å². The zero-order valence-corrected chi connectivity index (χ0v) is 9.69. The maximum atomic E-state index is 10.9. The Morgan fingerprint density at radius 2 is 1.94 bits per heavy atom. The number of amides is 1. The number of nitrogens with two attached hydrogens (primary N) is 1. The van der Waals surface area contributed by atoms with Gasteiger partial charge in [0.2, 0.25) is 5.91 Å². The molecule has 2 aliphatic heterocycles. The first-order valence-electron chi connectivity index (χ1n) is 6.23. The maximum Gasteiger partial charge on any atom is 0.217 e. The highest BCUT2D eigenvalue weighted by molar-refractivity contribution is 5.73. The summed E-state index contributed by atoms with van der Waals surface area (Å²) in [4.78, 5) is 10.9. The molecule has 92 valence electrons. The van der Waals surface area contributed by atoms with E-state index in [1.807, 2.05) is 0 Å². The van der Waals surface area contributed by atoms with Crippen LogP contribution in [-0.2, 0) is 14.3 Å². The molecule has 2 N–H and O–H groups in total. The van der Waals surface area contributed by atoms with E-state index in [2.05, 4.69) is 0 Å². The predicted octanol–water partition coefficient (Wildman–Crippen LogP) is 1.08. The zero-order valence-electron chi connectivity index (χ0n) is 9.69. The number of carbonyl (C=O) groups is 1. The van der Waals surface area contributed by atoms with E-state index in [1.54, 1.807) is 0 Å². The highest BCUT2D eigenvalue weighted by Gasteiger charge is 2.30. The van der Waals surface area contributed by atoms with Gasteiger partial charge in [0, 0.05) is 26.2 Å². The average Bonchev–Trinajstić information content (AvgIpc) is 2.30. The van der Waals surface area contributed by atoms with E-state index < -0.39 is 0 Å². The molecule has 2 aliphatic rings. The van der Waals surface area contributed by atoms with Crippen LogP contribution in [0.1, 0.15) is 32.1 Å². The molecule has 2 atom stereocenters. The summed E-state index contributed by atoms with van der Waals surface area (Å²) in [6.07, 6.45) is 4.99. The number of rotatable bonds is 3. The lowest BCUT2D eigenvalue weighted by atomic mass is 9.83. The van der Waals surface area contributed by atoms with Gasteiger partial charge in [-0.05, 0) is 37.5 Å². The minimum atomic E-state index is -0.183. The molecular weight excluding hydrogens is 206 g/mol. The van der Waals surface area contributed by atoms with E-state index >= 15 is 0 Å². The van der Waals surface area contributed by atoms with Crippen LogP contribution in [0.2, 0.25) is 0 Å². The second-order valence-corrected chi connectivity index (χ2v) is 4.92. The summed E-state index contributed by atoms with van der Waals surface area (Å²) in [6, 6.07) is 0. The fraction of sp³-hybridized carbons (Fsp3) is 0.917. The Bertz CT molecular complexity index is 238. The molecule has 0 aromatic heterocycles. The van der Waals surface area contributed by atoms with Gasteiger partial charge in [0.25, 0.3) is 0 Å². The van der Waals surface area contributed by atoms with Gasteiger partial charge in [0.1, 0.15) is 0 Å². The lowest BCUT2D eigenvalue weighted by Gasteiger charge is -2.36. The van der Waals surface area contributed by atoms with Gasteiger partial charge < -0.3 is 15.2 Å². The number of carbonyl (C=O) groups excluding carboxylic acids is 1. The van der Waals surface area contributed by atoms with Crippen molar-refractivity contribution in [2.45, 2.75) is 38.2 Å². The largest absolute Gasteiger partial charge is 0.381 e. The van der Waals surface area contributed by atoms with Crippen molar-refractivity contribution in [1.82, 2.24) is 0 Å². The van der Waals surface area contributed by atoms with Crippen LogP contribution in [0.5, 0.6) is 0 Å². The zero-order chi connectivity index (χ0) is 11.4. The number of primary amides is 1. The van der Waals surface area contributed by atoms with E-state index in [-0.39, 0.29) is 5.91 Å². The normalized spacial score (nSPS) is 32.5. The minimum Gasteiger partial charge on any atom is -0.381 e. The van der Waals surface area contributed by atoms with Crippen LogP contribution >= 0.6 is 0 Å². The molecule has 0 bridgehead atoms. The van der Waals surface area contributed by atoms with Crippen molar-refractivity contribution < 1.29 is 14.3 Å². The second-order valence-electron chi connectivity index (χ2n) is 4.92. The molecule has 0 spiro atoms. The summed E-state index contributed by atoms with van der Waals surface area (Å²) in [5.74, 6) is 0.862. The molecule has 2 heterocycles. The van der Waals surface area contributed by atoms with Gasteiger partial charge in [-0.1, -0.05) is 0 Å². The van der Waals surface area contributed by atoms with E-state index in [1.165, 1.54) is 0 Å². The molecule has 0 saturated carbocycles. The van der Waals surface area contributed by atoms with Crippen LogP contribution < -0.4 is 5.73 Å². The molecule has 4 nitrogen and oxygen atoms in total. The monoisotopic (exact) mass is 227 g/mol. The molecule has 16 heavy (non-hydrogen) atoms. The Morgan fingerprint density at radius 3 is 2.62 bits per heavy atom. The third-order valence-corrected chi connectivity index (χ3v) is 3.71. The average molecular weight is 227 g/mol. The van der Waals surface area contributed by atoms with Crippen molar-refractivity contribution >= 4 is 5.91 Å². The number of hydrogen-bond donors (Lipinski definition) is 1. The van der Waals surface area contributed by atoms with Crippen molar-refractivity contribution in [3.63, 3.8) is 0 Å². The van der Waals surface area contributed by atoms with Crippen LogP contribution in [0.3, 0.4) is 0 Å². The Balaban J connectivity index is 1.83. The highest BCUT2D eigenvalue weighted by Crippen LogP contribution is 2.31. The van der Waals surface area contributed by atoms with Crippen molar-refractivity contribution in [2.24, 2.45) is 17.6 Å². The first kappa shape index (κ1) is 11.9. The summed E-state index contributed by atoms with van der Waals surface area (Å²) < 4.78 is 11.2. The van der Waals surface area contributed by atoms with E-state index in [0.717, 1.165) is 45.5 Å². The van der Waals surface area contributed by atoms with E-state index in [0.29, 0.717) is 24.4 Å². The van der Waals surface area contributed by atoms with E-state index in [4.69, 9.17) is 15.2 Å². The summed E-state index contributed by atoms with van der Waals surface area (Å²) in [5.41, 5.74) is 5.25. The smallest absolute Gasteiger partial charge is 0.217 e. The Labute approximate surface area is 96.5 Å². The standard InChI is InChI=1S/C12H21NO3/c13-12(14)8-9-1-6-16-11(7-9)10-2-4-15-5-3-10/h9-11H,1-8H2,(H2,13,14). The van der Waals surface area contributed by atoms with Gasteiger partial charge in [-0.25, -0.2) is 0 Å². The molecule has 2 unspecified atom stereocenters. The molecule has 0 aliphatic carbocycles. The van der Waals surface area contributed by atoms with Gasteiger partial charge in [-0.15, -0.1) is 0 Å². The molecule has 2 rings (SSSR count). The van der Waals surface area contributed by atoms with Crippen molar-refractivity contribution in [3.8, 4) is 0 Å². The minimum absolute atomic E-state index is 0.183. The molecule has 2 fully saturated rings. The Kier molecular flexibility index (Phi) is 4.18. The summed E-state index contributed by atoms with van der Waals surface area (Å²) in [7, 11) is 0. The van der Waals surface area contributed by atoms with Gasteiger partial charge in [0.15, 0.2) is 0 Å². The van der Waals surface area contributed by atoms with Crippen molar-refractivity contribution in [1.29, 1.82) is 0 Å². The fourth-order valence-corrected chi connectivity index (χ4v) is 2.79. The first-order chi connectivity index (χ1) is 7.75. The molecular formula is C12H21NO3. The summed E-state index contributed by atoms with van der Waals surface area (Å²) in [5, 5.41) is 0. The molecule has 0 aromatic rings. The van der Waals surface area contributed by atoms with Crippen molar-refractivity contribution in [2.75, 3.05) is 19.8 Å². The summed E-state index contributed by atoms with van der Waals surface area (Å²) in [6.45, 7) is 2.48. The summed E-state index contributed by atoms with van der Waals surface area (Å²) >= 11 is 0. The number of hydrogen-bond acceptors (Lipinski definition) is 3.